The third-order valence-electron chi connectivity index (χ3n) is 1.99. The van der Waals surface area contributed by atoms with Crippen LogP contribution in [0.2, 0.25) is 5.02 Å². The van der Waals surface area contributed by atoms with E-state index < -0.39 is 17.5 Å². The largest absolute Gasteiger partial charge is 0.453 e. The second-order valence-electron chi connectivity index (χ2n) is 4.24. The second kappa shape index (κ2) is 5.91. The Morgan fingerprint density at radius 1 is 1.53 bits per heavy atom. The molecule has 1 rings (SSSR count). The summed E-state index contributed by atoms with van der Waals surface area (Å²) >= 11 is 5.66. The minimum atomic E-state index is -1.22. The molecule has 2 N–H and O–H groups in total. The van der Waals surface area contributed by atoms with Crippen LogP contribution in [-0.4, -0.2) is 23.9 Å². The van der Waals surface area contributed by atoms with Crippen LogP contribution < -0.4 is 5.32 Å². The summed E-state index contributed by atoms with van der Waals surface area (Å²) in [5.74, 6) is 4.49. The van der Waals surface area contributed by atoms with Crippen molar-refractivity contribution in [3.05, 3.63) is 28.5 Å². The Kier molecular flexibility index (Phi) is 4.76. The molecule has 0 atom stereocenters. The van der Waals surface area contributed by atoms with Gasteiger partial charge in [-0.3, -0.25) is 5.32 Å². The highest BCUT2D eigenvalue weighted by Gasteiger charge is 2.12. The van der Waals surface area contributed by atoms with Gasteiger partial charge in [-0.2, -0.15) is 0 Å². The molecule has 0 saturated heterocycles. The van der Waals surface area contributed by atoms with Crippen LogP contribution in [0, 0.1) is 17.7 Å². The van der Waals surface area contributed by atoms with Crippen molar-refractivity contribution in [2.45, 2.75) is 19.4 Å². The number of halogens is 2. The van der Waals surface area contributed by atoms with Gasteiger partial charge in [-0.15, -0.1) is 0 Å². The predicted molar refractivity (Wildman–Crippen MR) is 70.6 cm³/mol. The number of nitrogens with one attached hydrogen (secondary N) is 1. The molecular formula is C13H13ClFNO3. The van der Waals surface area contributed by atoms with E-state index in [0.717, 1.165) is 6.07 Å². The van der Waals surface area contributed by atoms with Crippen molar-refractivity contribution in [1.82, 2.24) is 0 Å². The number of hydrogen-bond acceptors (Lipinski definition) is 3. The van der Waals surface area contributed by atoms with Gasteiger partial charge in [-0.25, -0.2) is 9.18 Å². The number of hydrogen-bond donors (Lipinski definition) is 2. The first kappa shape index (κ1) is 15.3. The molecule has 0 aliphatic heterocycles. The summed E-state index contributed by atoms with van der Waals surface area (Å²) in [5, 5.41) is 11.7. The highest BCUT2D eigenvalue weighted by atomic mass is 35.5. The zero-order valence-corrected chi connectivity index (χ0v) is 11.4. The van der Waals surface area contributed by atoms with Crippen LogP contribution in [-0.2, 0) is 4.74 Å². The molecule has 0 aromatic heterocycles. The maximum Gasteiger partial charge on any atom is 0.411 e. The first-order valence-corrected chi connectivity index (χ1v) is 5.70. The van der Waals surface area contributed by atoms with Crippen LogP contribution in [0.1, 0.15) is 19.4 Å². The Hall–Kier alpha value is -1.77. The average Bonchev–Trinajstić information content (AvgIpc) is 2.30. The third-order valence-corrected chi connectivity index (χ3v) is 2.28. The molecular weight excluding hydrogens is 273 g/mol. The quantitative estimate of drug-likeness (QED) is 0.780. The van der Waals surface area contributed by atoms with E-state index in [1.165, 1.54) is 27.0 Å². The first-order valence-electron chi connectivity index (χ1n) is 5.32. The van der Waals surface area contributed by atoms with Crippen LogP contribution in [0.25, 0.3) is 0 Å². The van der Waals surface area contributed by atoms with E-state index in [9.17, 15) is 14.3 Å². The lowest BCUT2D eigenvalue weighted by molar-refractivity contribution is 0.143. The van der Waals surface area contributed by atoms with E-state index in [-0.39, 0.29) is 16.3 Å². The van der Waals surface area contributed by atoms with Gasteiger partial charge < -0.3 is 9.84 Å². The van der Waals surface area contributed by atoms with Crippen LogP contribution in [0.5, 0.6) is 0 Å². The molecule has 102 valence electrons. The van der Waals surface area contributed by atoms with E-state index >= 15 is 0 Å². The van der Waals surface area contributed by atoms with Crippen molar-refractivity contribution in [2.75, 3.05) is 12.4 Å². The van der Waals surface area contributed by atoms with Gasteiger partial charge in [0.1, 0.15) is 11.4 Å². The van der Waals surface area contributed by atoms with Crippen molar-refractivity contribution >= 4 is 23.4 Å². The molecule has 0 aliphatic carbocycles. The summed E-state index contributed by atoms with van der Waals surface area (Å²) in [6, 6.07) is 2.30. The van der Waals surface area contributed by atoms with Crippen LogP contribution in [0.4, 0.5) is 14.9 Å². The molecule has 0 heterocycles. The molecule has 19 heavy (non-hydrogen) atoms. The summed E-state index contributed by atoms with van der Waals surface area (Å²) < 4.78 is 17.8. The molecule has 0 saturated carbocycles. The van der Waals surface area contributed by atoms with E-state index in [4.69, 9.17) is 11.6 Å². The van der Waals surface area contributed by atoms with Gasteiger partial charge in [0.05, 0.1) is 17.8 Å². The average molecular weight is 286 g/mol. The summed E-state index contributed by atoms with van der Waals surface area (Å²) in [6.45, 7) is 3.00. The number of anilines is 1. The summed E-state index contributed by atoms with van der Waals surface area (Å²) in [4.78, 5) is 11.1. The normalized spacial score (nSPS) is 10.4. The van der Waals surface area contributed by atoms with Crippen LogP contribution >= 0.6 is 11.6 Å². The molecule has 0 fully saturated rings. The lowest BCUT2D eigenvalue weighted by Crippen LogP contribution is -2.15. The molecule has 1 aromatic carbocycles. The molecule has 6 heteroatoms. The molecule has 0 aliphatic rings. The predicted octanol–water partition coefficient (Wildman–Crippen LogP) is 2.78. The van der Waals surface area contributed by atoms with Crippen molar-refractivity contribution < 1.29 is 19.0 Å². The summed E-state index contributed by atoms with van der Waals surface area (Å²) in [5.41, 5.74) is -0.826. The number of carbonyl (C=O) groups excluding carboxylic acids is 1. The van der Waals surface area contributed by atoms with Crippen molar-refractivity contribution in [2.24, 2.45) is 0 Å². The number of carbonyl (C=O) groups is 1. The summed E-state index contributed by atoms with van der Waals surface area (Å²) in [7, 11) is 1.18. The number of rotatable bonds is 1. The maximum atomic E-state index is 13.4. The van der Waals surface area contributed by atoms with Gasteiger partial charge in [-0.05, 0) is 19.9 Å². The molecule has 1 aromatic rings. The van der Waals surface area contributed by atoms with Crippen LogP contribution in [0.15, 0.2) is 12.1 Å². The first-order chi connectivity index (χ1) is 8.73. The zero-order chi connectivity index (χ0) is 14.6. The number of amides is 1. The van der Waals surface area contributed by atoms with E-state index in [1.54, 1.807) is 0 Å². The van der Waals surface area contributed by atoms with Gasteiger partial charge in [0.2, 0.25) is 0 Å². The molecule has 1 amide bonds. The van der Waals surface area contributed by atoms with E-state index in [0.29, 0.717) is 0 Å². The lowest BCUT2D eigenvalue weighted by atomic mass is 10.1. The Labute approximate surface area is 115 Å². The minimum Gasteiger partial charge on any atom is -0.453 e. The smallest absolute Gasteiger partial charge is 0.411 e. The molecule has 0 unspecified atom stereocenters. The van der Waals surface area contributed by atoms with Gasteiger partial charge >= 0.3 is 6.09 Å². The fraction of sp³-hybridized carbons (Fsp3) is 0.308. The highest BCUT2D eigenvalue weighted by molar-refractivity contribution is 6.31. The Bertz CT molecular complexity index is 555. The topological polar surface area (TPSA) is 58.6 Å². The number of aliphatic hydroxyl groups is 1. The molecule has 4 nitrogen and oxygen atoms in total. The fourth-order valence-electron chi connectivity index (χ4n) is 1.13. The van der Waals surface area contributed by atoms with Crippen molar-refractivity contribution in [3.63, 3.8) is 0 Å². The maximum absolute atomic E-state index is 13.4. The third kappa shape index (κ3) is 4.78. The van der Waals surface area contributed by atoms with Gasteiger partial charge in [0, 0.05) is 11.6 Å². The Balaban J connectivity index is 3.23. The number of methoxy groups -OCH3 is 1. The van der Waals surface area contributed by atoms with E-state index in [1.807, 2.05) is 0 Å². The Morgan fingerprint density at radius 2 is 2.16 bits per heavy atom. The fourth-order valence-corrected chi connectivity index (χ4v) is 1.30. The van der Waals surface area contributed by atoms with Crippen molar-refractivity contribution in [3.8, 4) is 11.8 Å². The van der Waals surface area contributed by atoms with Gasteiger partial charge in [-0.1, -0.05) is 23.4 Å². The van der Waals surface area contributed by atoms with E-state index in [2.05, 4.69) is 21.9 Å². The standard InChI is InChI=1S/C13H13ClFNO3/c1-13(2,18)5-4-8-6-9(14)10(15)7-11(8)16-12(17)19-3/h6-7,18H,1-3H3,(H,16,17). The van der Waals surface area contributed by atoms with Crippen LogP contribution in [0.3, 0.4) is 0 Å². The molecule has 0 spiro atoms. The lowest BCUT2D eigenvalue weighted by Gasteiger charge is -2.09. The summed E-state index contributed by atoms with van der Waals surface area (Å²) in [6.07, 6.45) is -0.756. The minimum absolute atomic E-state index is 0.116. The molecule has 0 bridgehead atoms. The second-order valence-corrected chi connectivity index (χ2v) is 4.64. The Morgan fingerprint density at radius 3 is 2.68 bits per heavy atom. The van der Waals surface area contributed by atoms with Crippen molar-refractivity contribution in [1.29, 1.82) is 0 Å². The SMILES string of the molecule is COC(=O)Nc1cc(F)c(Cl)cc1C#CC(C)(C)O. The number of ether oxygens (including phenoxy) is 1. The monoisotopic (exact) mass is 285 g/mol. The highest BCUT2D eigenvalue weighted by Crippen LogP contribution is 2.24. The van der Waals surface area contributed by atoms with Gasteiger partial charge in [0.25, 0.3) is 0 Å². The van der Waals surface area contributed by atoms with Gasteiger partial charge in [0.15, 0.2) is 0 Å². The molecule has 0 radical (unpaired) electrons. The number of benzene rings is 1. The zero-order valence-electron chi connectivity index (χ0n) is 10.7.